The van der Waals surface area contributed by atoms with E-state index in [4.69, 9.17) is 17.8 Å². The van der Waals surface area contributed by atoms with Gasteiger partial charge in [-0.15, -0.1) is 10.8 Å². The van der Waals surface area contributed by atoms with E-state index in [1.54, 1.807) is 14.2 Å². The van der Waals surface area contributed by atoms with Crippen molar-refractivity contribution in [2.24, 2.45) is 0 Å². The molecule has 0 aromatic heterocycles. The summed E-state index contributed by atoms with van der Waals surface area (Å²) in [6, 6.07) is 0. The minimum Gasteiger partial charge on any atom is -0.379 e. The van der Waals surface area contributed by atoms with Crippen LogP contribution in [0.2, 0.25) is 0 Å². The number of ether oxygens (including phenoxy) is 2. The van der Waals surface area contributed by atoms with E-state index in [1.165, 1.54) is 0 Å². The number of rotatable bonds is 9. The predicted molar refractivity (Wildman–Crippen MR) is 60.7 cm³/mol. The molecular weight excluding hydrogens is 218 g/mol. The highest BCUT2D eigenvalue weighted by atomic mass is 32.3. The minimum absolute atomic E-state index is 0.344. The fraction of sp³-hybridized carbons (Fsp3) is 1.00. The average Bonchev–Trinajstić information content (AvgIpc) is 3.08. The lowest BCUT2D eigenvalue weighted by atomic mass is 10.5. The first-order valence-corrected chi connectivity index (χ1v) is 6.71. The van der Waals surface area contributed by atoms with Crippen molar-refractivity contribution < 1.29 is 17.8 Å². The molecule has 1 saturated heterocycles. The van der Waals surface area contributed by atoms with Gasteiger partial charge in [0.1, 0.15) is 6.10 Å². The van der Waals surface area contributed by atoms with Crippen molar-refractivity contribution in [1.82, 2.24) is 4.72 Å². The Morgan fingerprint density at radius 3 is 2.53 bits per heavy atom. The fourth-order valence-corrected chi connectivity index (χ4v) is 2.74. The zero-order chi connectivity index (χ0) is 11.1. The highest BCUT2D eigenvalue weighted by molar-refractivity contribution is 8.24. The highest BCUT2D eigenvalue weighted by Crippen LogP contribution is 2.44. The normalized spacial score (nSPS) is 21.7. The number of hydrogen-bond acceptors (Lipinski definition) is 5. The van der Waals surface area contributed by atoms with Gasteiger partial charge in [-0.05, 0) is 6.42 Å². The maximum Gasteiger partial charge on any atom is 0.104 e. The summed E-state index contributed by atoms with van der Waals surface area (Å²) in [7, 11) is 3.61. The van der Waals surface area contributed by atoms with Gasteiger partial charge in [-0.1, -0.05) is 0 Å². The average molecular weight is 239 g/mol. The van der Waals surface area contributed by atoms with Gasteiger partial charge in [0.15, 0.2) is 0 Å². The zero-order valence-corrected chi connectivity index (χ0v) is 10.5. The molecule has 0 amide bonds. The topological polar surface area (TPSA) is 52.2 Å². The van der Waals surface area contributed by atoms with Crippen LogP contribution in [0, 0.1) is 0 Å². The molecule has 1 atom stereocenters. The van der Waals surface area contributed by atoms with Crippen molar-refractivity contribution in [3.63, 3.8) is 0 Å². The molecule has 1 aliphatic heterocycles. The molecule has 5 nitrogen and oxygen atoms in total. The molecule has 0 saturated carbocycles. The fourth-order valence-electron chi connectivity index (χ4n) is 1.23. The summed E-state index contributed by atoms with van der Waals surface area (Å²) in [4.78, 5) is 0. The molecule has 1 aliphatic rings. The zero-order valence-electron chi connectivity index (χ0n) is 9.65. The first kappa shape index (κ1) is 13.2. The molecule has 0 radical (unpaired) electrons. The summed E-state index contributed by atoms with van der Waals surface area (Å²) in [5, 5.41) is 0. The van der Waals surface area contributed by atoms with Crippen LogP contribution in [0.5, 0.6) is 0 Å². The second-order valence-electron chi connectivity index (χ2n) is 3.24. The van der Waals surface area contributed by atoms with E-state index in [1.807, 2.05) is 7.05 Å². The summed E-state index contributed by atoms with van der Waals surface area (Å²) in [6.07, 6.45) is 1.26. The van der Waals surface area contributed by atoms with Crippen molar-refractivity contribution in [3.8, 4) is 0 Å². The summed E-state index contributed by atoms with van der Waals surface area (Å²) >= 11 is 0. The Balaban J connectivity index is 2.04. The third-order valence-electron chi connectivity index (χ3n) is 2.26. The van der Waals surface area contributed by atoms with E-state index in [0.717, 1.165) is 25.4 Å². The smallest absolute Gasteiger partial charge is 0.104 e. The number of epoxide rings is 1. The molecule has 0 aliphatic carbocycles. The molecule has 92 valence electrons. The van der Waals surface area contributed by atoms with Gasteiger partial charge in [-0.2, -0.15) is 0 Å². The summed E-state index contributed by atoms with van der Waals surface area (Å²) in [5.41, 5.74) is 0. The van der Waals surface area contributed by atoms with Crippen molar-refractivity contribution in [1.29, 1.82) is 0 Å². The van der Waals surface area contributed by atoms with Gasteiger partial charge in [0.05, 0.1) is 33.2 Å². The summed E-state index contributed by atoms with van der Waals surface area (Å²) in [6.45, 7) is 2.28. The lowest BCUT2D eigenvalue weighted by Gasteiger charge is -2.39. The lowest BCUT2D eigenvalue weighted by molar-refractivity contribution is 0.117. The molecule has 0 aromatic carbocycles. The van der Waals surface area contributed by atoms with Gasteiger partial charge >= 0.3 is 0 Å². The monoisotopic (exact) mass is 239 g/mol. The Labute approximate surface area is 93.3 Å². The molecule has 0 spiro atoms. The van der Waals surface area contributed by atoms with Crippen molar-refractivity contribution in [3.05, 3.63) is 0 Å². The SMILES string of the molecule is CNS(CCCOCC1CO1)(OC)OC. The molecule has 0 bridgehead atoms. The van der Waals surface area contributed by atoms with E-state index in [9.17, 15) is 0 Å². The quantitative estimate of drug-likeness (QED) is 0.477. The van der Waals surface area contributed by atoms with Gasteiger partial charge in [0, 0.05) is 13.7 Å². The largest absolute Gasteiger partial charge is 0.379 e. The van der Waals surface area contributed by atoms with Crippen molar-refractivity contribution >= 4 is 10.8 Å². The van der Waals surface area contributed by atoms with Crippen LogP contribution in [0.15, 0.2) is 0 Å². The van der Waals surface area contributed by atoms with Gasteiger partial charge < -0.3 is 9.47 Å². The lowest BCUT2D eigenvalue weighted by Crippen LogP contribution is -2.23. The predicted octanol–water partition coefficient (Wildman–Crippen LogP) is 0.854. The van der Waals surface area contributed by atoms with E-state index < -0.39 is 10.8 Å². The van der Waals surface area contributed by atoms with Gasteiger partial charge in [-0.25, -0.2) is 4.72 Å². The van der Waals surface area contributed by atoms with Gasteiger partial charge in [0.2, 0.25) is 0 Å². The molecule has 1 unspecified atom stereocenters. The number of nitrogens with one attached hydrogen (secondary N) is 1. The Kier molecular flexibility index (Phi) is 5.88. The first-order chi connectivity index (χ1) is 7.26. The van der Waals surface area contributed by atoms with Gasteiger partial charge in [-0.3, -0.25) is 8.37 Å². The Morgan fingerprint density at radius 2 is 2.07 bits per heavy atom. The maximum atomic E-state index is 5.44. The van der Waals surface area contributed by atoms with Crippen LogP contribution in [0.4, 0.5) is 0 Å². The molecule has 15 heavy (non-hydrogen) atoms. The highest BCUT2D eigenvalue weighted by Gasteiger charge is 2.22. The van der Waals surface area contributed by atoms with Crippen LogP contribution in [-0.4, -0.2) is 52.9 Å². The minimum atomic E-state index is -1.56. The number of hydrogen-bond donors (Lipinski definition) is 1. The molecule has 1 rings (SSSR count). The summed E-state index contributed by atoms with van der Waals surface area (Å²) in [5.74, 6) is 0.835. The molecule has 1 fully saturated rings. The summed E-state index contributed by atoms with van der Waals surface area (Å²) < 4.78 is 24.3. The van der Waals surface area contributed by atoms with E-state index in [-0.39, 0.29) is 0 Å². The van der Waals surface area contributed by atoms with Crippen LogP contribution in [-0.2, 0) is 17.8 Å². The third kappa shape index (κ3) is 4.67. The molecule has 1 heterocycles. The van der Waals surface area contributed by atoms with Crippen LogP contribution < -0.4 is 4.72 Å². The Bertz CT molecular complexity index is 165. The van der Waals surface area contributed by atoms with Crippen LogP contribution in [0.1, 0.15) is 6.42 Å². The molecule has 0 aromatic rings. The molecule has 6 heteroatoms. The van der Waals surface area contributed by atoms with Crippen molar-refractivity contribution in [2.75, 3.05) is 46.8 Å². The van der Waals surface area contributed by atoms with Crippen molar-refractivity contribution in [2.45, 2.75) is 12.5 Å². The second-order valence-corrected chi connectivity index (χ2v) is 5.95. The molecular formula is C9H21NO4S. The van der Waals surface area contributed by atoms with E-state index in [2.05, 4.69) is 4.72 Å². The van der Waals surface area contributed by atoms with E-state index >= 15 is 0 Å². The molecule has 1 N–H and O–H groups in total. The Hall–Kier alpha value is 0.150. The van der Waals surface area contributed by atoms with Gasteiger partial charge in [0.25, 0.3) is 0 Å². The maximum absolute atomic E-state index is 5.44. The van der Waals surface area contributed by atoms with Crippen LogP contribution >= 0.6 is 10.8 Å². The Morgan fingerprint density at radius 1 is 1.40 bits per heavy atom. The first-order valence-electron chi connectivity index (χ1n) is 5.06. The second kappa shape index (κ2) is 6.67. The van der Waals surface area contributed by atoms with Crippen LogP contribution in [0.25, 0.3) is 0 Å². The van der Waals surface area contributed by atoms with E-state index in [0.29, 0.717) is 12.7 Å². The third-order valence-corrected chi connectivity index (χ3v) is 4.78. The van der Waals surface area contributed by atoms with Crippen LogP contribution in [0.3, 0.4) is 0 Å². The standard InChI is InChI=1S/C9H21NO4S/c1-10-15(11-2,12-3)6-4-5-13-7-9-8-14-9/h9-10H,4-8H2,1-3H3.